The van der Waals surface area contributed by atoms with Crippen LogP contribution in [0.3, 0.4) is 0 Å². The van der Waals surface area contributed by atoms with Crippen LogP contribution in [-0.2, 0) is 9.53 Å². The van der Waals surface area contributed by atoms with Crippen molar-refractivity contribution < 1.29 is 19.1 Å². The Morgan fingerprint density at radius 1 is 1.13 bits per heavy atom. The van der Waals surface area contributed by atoms with Crippen LogP contribution in [0.25, 0.3) is 0 Å². The molecule has 2 aromatic rings. The van der Waals surface area contributed by atoms with E-state index in [0.717, 1.165) is 29.8 Å². The molecule has 1 aromatic carbocycles. The normalized spacial score (nSPS) is 14.5. The van der Waals surface area contributed by atoms with E-state index in [2.05, 4.69) is 9.88 Å². The van der Waals surface area contributed by atoms with Crippen LogP contribution in [0, 0.1) is 26.7 Å². The van der Waals surface area contributed by atoms with Crippen molar-refractivity contribution in [3.63, 3.8) is 0 Å². The number of esters is 1. The lowest BCUT2D eigenvalue weighted by atomic mass is 10.0. The van der Waals surface area contributed by atoms with E-state index in [0.29, 0.717) is 17.2 Å². The van der Waals surface area contributed by atoms with E-state index in [9.17, 15) is 14.4 Å². The molecule has 3 rings (SSSR count). The molecule has 1 saturated carbocycles. The standard InChI is InChI=1S/C24H30N2O4/c1-14(2)22(25-23(28)18-8-6-7-15(3)11-18)24(29)30-13-21(27)20-12-16(4)26(17(20)5)19-9-10-19/h6-8,11-12,14,19,22H,9-10,13H2,1-5H3,(H,25,28)/t22-/m0/s1. The SMILES string of the molecule is Cc1cccc(C(=O)N[C@H](C(=O)OCC(=O)c2cc(C)n(C3CC3)c2C)C(C)C)c1. The third-order valence-corrected chi connectivity index (χ3v) is 5.53. The highest BCUT2D eigenvalue weighted by Crippen LogP contribution is 2.38. The van der Waals surface area contributed by atoms with Crippen LogP contribution in [0.4, 0.5) is 0 Å². The van der Waals surface area contributed by atoms with Crippen LogP contribution in [0.15, 0.2) is 30.3 Å². The van der Waals surface area contributed by atoms with E-state index < -0.39 is 12.0 Å². The second-order valence-electron chi connectivity index (χ2n) is 8.48. The maximum atomic E-state index is 12.7. The Morgan fingerprint density at radius 2 is 1.83 bits per heavy atom. The van der Waals surface area contributed by atoms with Gasteiger partial charge in [0.05, 0.1) is 0 Å². The fourth-order valence-corrected chi connectivity index (χ4v) is 3.77. The first-order valence-electron chi connectivity index (χ1n) is 10.4. The zero-order valence-electron chi connectivity index (χ0n) is 18.3. The lowest BCUT2D eigenvalue weighted by Crippen LogP contribution is -2.45. The molecule has 0 unspecified atom stereocenters. The van der Waals surface area contributed by atoms with E-state index in [-0.39, 0.29) is 24.2 Å². The van der Waals surface area contributed by atoms with Crippen molar-refractivity contribution in [2.24, 2.45) is 5.92 Å². The molecule has 1 fully saturated rings. The molecule has 0 saturated heterocycles. The molecule has 0 bridgehead atoms. The van der Waals surface area contributed by atoms with Gasteiger partial charge < -0.3 is 14.6 Å². The van der Waals surface area contributed by atoms with Crippen LogP contribution in [-0.4, -0.2) is 34.9 Å². The molecule has 1 aromatic heterocycles. The smallest absolute Gasteiger partial charge is 0.329 e. The van der Waals surface area contributed by atoms with E-state index in [1.807, 2.05) is 46.8 Å². The van der Waals surface area contributed by atoms with E-state index >= 15 is 0 Å². The molecule has 1 heterocycles. The summed E-state index contributed by atoms with van der Waals surface area (Å²) in [7, 11) is 0. The number of aromatic nitrogens is 1. The summed E-state index contributed by atoms with van der Waals surface area (Å²) in [5.74, 6) is -1.35. The second-order valence-corrected chi connectivity index (χ2v) is 8.48. The molecule has 1 aliphatic rings. The summed E-state index contributed by atoms with van der Waals surface area (Å²) in [4.78, 5) is 37.9. The summed E-state index contributed by atoms with van der Waals surface area (Å²) in [5.41, 5.74) is 4.01. The highest BCUT2D eigenvalue weighted by molar-refractivity contribution is 6.00. The first-order chi connectivity index (χ1) is 14.2. The quantitative estimate of drug-likeness (QED) is 0.528. The number of ketones is 1. The summed E-state index contributed by atoms with van der Waals surface area (Å²) in [6.45, 7) is 9.14. The largest absolute Gasteiger partial charge is 0.456 e. The summed E-state index contributed by atoms with van der Waals surface area (Å²) >= 11 is 0. The monoisotopic (exact) mass is 410 g/mol. The predicted molar refractivity (Wildman–Crippen MR) is 115 cm³/mol. The van der Waals surface area contributed by atoms with Crippen LogP contribution in [0.1, 0.15) is 70.4 Å². The molecule has 1 amide bonds. The van der Waals surface area contributed by atoms with Crippen LogP contribution in [0.2, 0.25) is 0 Å². The number of aryl methyl sites for hydroxylation is 2. The number of carbonyl (C=O) groups is 3. The number of amides is 1. The molecule has 1 N–H and O–H groups in total. The highest BCUT2D eigenvalue weighted by Gasteiger charge is 2.30. The minimum atomic E-state index is -0.829. The number of hydrogen-bond donors (Lipinski definition) is 1. The van der Waals surface area contributed by atoms with Gasteiger partial charge in [0.15, 0.2) is 6.61 Å². The third kappa shape index (κ3) is 4.81. The van der Waals surface area contributed by atoms with Crippen molar-refractivity contribution in [1.82, 2.24) is 9.88 Å². The minimum absolute atomic E-state index is 0.179. The summed E-state index contributed by atoms with van der Waals surface area (Å²) in [5, 5.41) is 2.74. The molecule has 0 aliphatic heterocycles. The zero-order valence-corrected chi connectivity index (χ0v) is 18.3. The molecule has 0 spiro atoms. The van der Waals surface area contributed by atoms with Crippen LogP contribution in [0.5, 0.6) is 0 Å². The molecular weight excluding hydrogens is 380 g/mol. The molecule has 0 radical (unpaired) electrons. The number of ether oxygens (including phenoxy) is 1. The van der Waals surface area contributed by atoms with Crippen molar-refractivity contribution in [3.8, 4) is 0 Å². The van der Waals surface area contributed by atoms with Crippen molar-refractivity contribution in [3.05, 3.63) is 58.4 Å². The van der Waals surface area contributed by atoms with E-state index in [1.165, 1.54) is 0 Å². The van der Waals surface area contributed by atoms with Gasteiger partial charge in [-0.05, 0) is 57.7 Å². The minimum Gasteiger partial charge on any atom is -0.456 e. The van der Waals surface area contributed by atoms with Gasteiger partial charge in [-0.1, -0.05) is 31.5 Å². The number of Topliss-reactive ketones (excluding diaryl/α,β-unsaturated/α-hetero) is 1. The molecule has 1 atom stereocenters. The fraction of sp³-hybridized carbons (Fsp3) is 0.458. The Bertz CT molecular complexity index is 970. The zero-order chi connectivity index (χ0) is 22.0. The third-order valence-electron chi connectivity index (χ3n) is 5.53. The Morgan fingerprint density at radius 3 is 2.43 bits per heavy atom. The lowest BCUT2D eigenvalue weighted by Gasteiger charge is -2.21. The Kier molecular flexibility index (Phi) is 6.44. The Balaban J connectivity index is 1.63. The highest BCUT2D eigenvalue weighted by atomic mass is 16.5. The van der Waals surface area contributed by atoms with Gasteiger partial charge in [-0.2, -0.15) is 0 Å². The van der Waals surface area contributed by atoms with Gasteiger partial charge in [-0.3, -0.25) is 9.59 Å². The molecule has 160 valence electrons. The van der Waals surface area contributed by atoms with Crippen molar-refractivity contribution in [2.75, 3.05) is 6.61 Å². The molecule has 30 heavy (non-hydrogen) atoms. The first kappa shape index (κ1) is 21.8. The second kappa shape index (κ2) is 8.86. The molecule has 1 aliphatic carbocycles. The maximum absolute atomic E-state index is 12.7. The predicted octanol–water partition coefficient (Wildman–Crippen LogP) is 3.93. The number of nitrogens with zero attached hydrogens (tertiary/aromatic N) is 1. The number of carbonyl (C=O) groups excluding carboxylic acids is 3. The lowest BCUT2D eigenvalue weighted by molar-refractivity contribution is -0.145. The maximum Gasteiger partial charge on any atom is 0.329 e. The number of benzene rings is 1. The number of nitrogens with one attached hydrogen (secondary N) is 1. The van der Waals surface area contributed by atoms with Crippen LogP contribution >= 0.6 is 0 Å². The molecule has 6 heteroatoms. The van der Waals surface area contributed by atoms with Gasteiger partial charge in [-0.25, -0.2) is 4.79 Å². The Labute approximate surface area is 177 Å². The van der Waals surface area contributed by atoms with Crippen molar-refractivity contribution in [1.29, 1.82) is 0 Å². The van der Waals surface area contributed by atoms with Gasteiger partial charge in [0.2, 0.25) is 5.78 Å². The number of rotatable bonds is 8. The van der Waals surface area contributed by atoms with E-state index in [4.69, 9.17) is 4.74 Å². The summed E-state index contributed by atoms with van der Waals surface area (Å²) in [6.07, 6.45) is 2.27. The Hall–Kier alpha value is -2.89. The summed E-state index contributed by atoms with van der Waals surface area (Å²) < 4.78 is 7.50. The van der Waals surface area contributed by atoms with Gasteiger partial charge in [0.25, 0.3) is 5.91 Å². The topological polar surface area (TPSA) is 77.4 Å². The van der Waals surface area contributed by atoms with Crippen molar-refractivity contribution >= 4 is 17.7 Å². The van der Waals surface area contributed by atoms with Crippen LogP contribution < -0.4 is 5.32 Å². The summed E-state index contributed by atoms with van der Waals surface area (Å²) in [6, 6.07) is 8.67. The average Bonchev–Trinajstić information content (AvgIpc) is 3.48. The average molecular weight is 411 g/mol. The fourth-order valence-electron chi connectivity index (χ4n) is 3.77. The van der Waals surface area contributed by atoms with Gasteiger partial charge >= 0.3 is 5.97 Å². The van der Waals surface area contributed by atoms with Gasteiger partial charge in [0.1, 0.15) is 6.04 Å². The number of hydrogen-bond acceptors (Lipinski definition) is 4. The first-order valence-corrected chi connectivity index (χ1v) is 10.4. The van der Waals surface area contributed by atoms with E-state index in [1.54, 1.807) is 18.2 Å². The van der Waals surface area contributed by atoms with Gasteiger partial charge in [-0.15, -0.1) is 0 Å². The molecular formula is C24H30N2O4. The van der Waals surface area contributed by atoms with Crippen molar-refractivity contribution in [2.45, 2.75) is 59.5 Å². The van der Waals surface area contributed by atoms with Gasteiger partial charge in [0, 0.05) is 28.6 Å². The molecule has 6 nitrogen and oxygen atoms in total.